The van der Waals surface area contributed by atoms with Crippen LogP contribution in [0.1, 0.15) is 57.1 Å². The lowest BCUT2D eigenvalue weighted by Gasteiger charge is -2.26. The van der Waals surface area contributed by atoms with Gasteiger partial charge in [0.15, 0.2) is 0 Å². The topological polar surface area (TPSA) is 151 Å². The van der Waals surface area contributed by atoms with Crippen molar-refractivity contribution in [1.29, 1.82) is 0 Å². The number of carboxylic acid groups (broad SMARTS) is 1. The number of likely N-dealkylation sites (N-methyl/N-ethyl adjacent to an activating group) is 1. The maximum Gasteiger partial charge on any atom is 0.417 e. The molecule has 40 heavy (non-hydrogen) atoms. The Hall–Kier alpha value is -4.48. The van der Waals surface area contributed by atoms with Gasteiger partial charge < -0.3 is 14.6 Å². The molecule has 2 amide bonds. The number of nitrogens with zero attached hydrogens (tertiary/aromatic N) is 5. The Kier molecular flexibility index (Phi) is 8.66. The number of rotatable bonds is 10. The van der Waals surface area contributed by atoms with Crippen LogP contribution in [0.25, 0.3) is 11.1 Å². The van der Waals surface area contributed by atoms with Crippen LogP contribution in [-0.2, 0) is 14.3 Å². The normalized spacial score (nSPS) is 13.2. The molecule has 0 aliphatic heterocycles. The van der Waals surface area contributed by atoms with E-state index >= 15 is 0 Å². The fourth-order valence-corrected chi connectivity index (χ4v) is 4.77. The summed E-state index contributed by atoms with van der Waals surface area (Å²) in [5.74, 6) is -1.21. The molecule has 1 aromatic heterocycles. The summed E-state index contributed by atoms with van der Waals surface area (Å²) in [6.07, 6.45) is -0.383. The number of carboxylic acids is 1. The van der Waals surface area contributed by atoms with Crippen molar-refractivity contribution in [3.05, 3.63) is 59.7 Å². The molecule has 0 fully saturated rings. The zero-order valence-corrected chi connectivity index (χ0v) is 23.0. The first kappa shape index (κ1) is 28.5. The average molecular weight is 551 g/mol. The number of amides is 2. The summed E-state index contributed by atoms with van der Waals surface area (Å²) in [6.45, 7) is 5.51. The molecule has 212 valence electrons. The Morgan fingerprint density at radius 3 is 2.17 bits per heavy atom. The first-order chi connectivity index (χ1) is 19.1. The third-order valence-electron chi connectivity index (χ3n) is 6.68. The molecular formula is C28H34N6O6. The Morgan fingerprint density at radius 2 is 1.62 bits per heavy atom. The van der Waals surface area contributed by atoms with Crippen molar-refractivity contribution < 1.29 is 29.0 Å². The lowest BCUT2D eigenvalue weighted by molar-refractivity contribution is -0.142. The number of nitrogens with one attached hydrogen (secondary N) is 1. The van der Waals surface area contributed by atoms with Crippen LogP contribution < -0.4 is 4.90 Å². The van der Waals surface area contributed by atoms with Crippen molar-refractivity contribution >= 4 is 24.1 Å². The van der Waals surface area contributed by atoms with E-state index in [-0.39, 0.29) is 31.4 Å². The zero-order chi connectivity index (χ0) is 28.9. The molecule has 1 atom stereocenters. The summed E-state index contributed by atoms with van der Waals surface area (Å²) in [5, 5.41) is 23.4. The van der Waals surface area contributed by atoms with Crippen LogP contribution in [0.4, 0.5) is 15.5 Å². The van der Waals surface area contributed by atoms with Crippen LogP contribution in [0.15, 0.2) is 48.5 Å². The molecular weight excluding hydrogens is 516 g/mol. The number of carbonyl (C=O) groups is 3. The molecule has 1 aliphatic rings. The molecule has 2 N–H and O–H groups in total. The van der Waals surface area contributed by atoms with Crippen LogP contribution in [0.2, 0.25) is 0 Å². The highest BCUT2D eigenvalue weighted by molar-refractivity contribution is 5.85. The molecule has 1 heterocycles. The van der Waals surface area contributed by atoms with E-state index in [2.05, 4.69) is 20.6 Å². The van der Waals surface area contributed by atoms with E-state index in [1.807, 2.05) is 48.5 Å². The highest BCUT2D eigenvalue weighted by Crippen LogP contribution is 2.44. The van der Waals surface area contributed by atoms with Gasteiger partial charge in [-0.05, 0) is 67.5 Å². The smallest absolute Gasteiger partial charge is 0.417 e. The summed E-state index contributed by atoms with van der Waals surface area (Å²) in [6, 6.07) is 14.9. The number of ether oxygens (including phenoxy) is 2. The van der Waals surface area contributed by atoms with E-state index in [9.17, 15) is 19.5 Å². The highest BCUT2D eigenvalue weighted by Gasteiger charge is 2.32. The minimum Gasteiger partial charge on any atom is -0.480 e. The zero-order valence-electron chi connectivity index (χ0n) is 23.0. The number of aliphatic carboxylic acids is 1. The Bertz CT molecular complexity index is 1290. The molecule has 1 aliphatic carbocycles. The van der Waals surface area contributed by atoms with E-state index in [0.717, 1.165) is 27.2 Å². The number of hydrogen-bond acceptors (Lipinski definition) is 8. The number of hydrogen-bond donors (Lipinski definition) is 2. The van der Waals surface area contributed by atoms with Crippen molar-refractivity contribution in [1.82, 2.24) is 25.5 Å². The van der Waals surface area contributed by atoms with Gasteiger partial charge in [-0.15, -0.1) is 5.10 Å². The van der Waals surface area contributed by atoms with Crippen LogP contribution in [0, 0.1) is 0 Å². The number of anilines is 1. The van der Waals surface area contributed by atoms with Gasteiger partial charge in [0.2, 0.25) is 0 Å². The van der Waals surface area contributed by atoms with Crippen LogP contribution in [-0.4, -0.2) is 80.6 Å². The van der Waals surface area contributed by atoms with Crippen LogP contribution in [0.3, 0.4) is 0 Å². The number of tetrazole rings is 1. The largest absolute Gasteiger partial charge is 0.480 e. The van der Waals surface area contributed by atoms with Crippen molar-refractivity contribution in [3.63, 3.8) is 0 Å². The van der Waals surface area contributed by atoms with Crippen molar-refractivity contribution in [3.8, 4) is 11.1 Å². The van der Waals surface area contributed by atoms with Gasteiger partial charge in [0.05, 0.1) is 0 Å². The number of unbranched alkanes of at least 4 members (excludes halogenated alkanes) is 1. The molecule has 12 heteroatoms. The Morgan fingerprint density at radius 1 is 1.00 bits per heavy atom. The quantitative estimate of drug-likeness (QED) is 0.349. The highest BCUT2D eigenvalue weighted by atomic mass is 16.6. The lowest BCUT2D eigenvalue weighted by Crippen LogP contribution is -2.43. The van der Waals surface area contributed by atoms with E-state index in [1.165, 1.54) is 11.9 Å². The minimum absolute atomic E-state index is 0.0554. The number of aromatic nitrogens is 4. The van der Waals surface area contributed by atoms with Gasteiger partial charge in [-0.3, -0.25) is 4.90 Å². The summed E-state index contributed by atoms with van der Waals surface area (Å²) in [4.78, 5) is 40.0. The first-order valence-electron chi connectivity index (χ1n) is 13.1. The lowest BCUT2D eigenvalue weighted by atomic mass is 9.98. The summed E-state index contributed by atoms with van der Waals surface area (Å²) >= 11 is 0. The van der Waals surface area contributed by atoms with Crippen LogP contribution >= 0.6 is 0 Å². The van der Waals surface area contributed by atoms with Gasteiger partial charge in [0.1, 0.15) is 18.2 Å². The number of aromatic amines is 1. The predicted molar refractivity (Wildman–Crippen MR) is 146 cm³/mol. The van der Waals surface area contributed by atoms with Gasteiger partial charge >= 0.3 is 18.2 Å². The predicted octanol–water partition coefficient (Wildman–Crippen LogP) is 4.45. The third kappa shape index (κ3) is 6.56. The first-order valence-corrected chi connectivity index (χ1v) is 13.1. The maximum atomic E-state index is 12.9. The molecule has 0 unspecified atom stereocenters. The molecule has 4 rings (SSSR count). The van der Waals surface area contributed by atoms with Crippen molar-refractivity contribution in [2.45, 2.75) is 57.6 Å². The Labute approximate surface area is 232 Å². The molecule has 0 saturated heterocycles. The number of benzene rings is 2. The third-order valence-corrected chi connectivity index (χ3v) is 6.68. The summed E-state index contributed by atoms with van der Waals surface area (Å²) < 4.78 is 11.1. The van der Waals surface area contributed by atoms with E-state index in [4.69, 9.17) is 9.47 Å². The molecule has 0 bridgehead atoms. The van der Waals surface area contributed by atoms with E-state index < -0.39 is 29.8 Å². The van der Waals surface area contributed by atoms with Gasteiger partial charge in [-0.2, -0.15) is 5.21 Å². The van der Waals surface area contributed by atoms with Gasteiger partial charge in [-0.25, -0.2) is 19.3 Å². The minimum atomic E-state index is -1.14. The second-order valence-electron chi connectivity index (χ2n) is 10.6. The van der Waals surface area contributed by atoms with E-state index in [0.29, 0.717) is 12.8 Å². The van der Waals surface area contributed by atoms with Crippen molar-refractivity contribution in [2.24, 2.45) is 0 Å². The van der Waals surface area contributed by atoms with Gasteiger partial charge in [-0.1, -0.05) is 53.6 Å². The fourth-order valence-electron chi connectivity index (χ4n) is 4.77. The molecule has 0 radical (unpaired) electrons. The standard InChI is InChI=1S/C28H34N6O6/c1-28(2,3)40-27(38)34(25-29-31-32-30-25)16-10-9-15-23(24(35)36)33(4)26(37)39-17-22-20-13-7-5-11-18(20)19-12-6-8-14-21(19)22/h5-8,11-14,22-23H,9-10,15-17H2,1-4H3,(H,35,36)(H,29,30,31,32)/t23-/m0/s1. The maximum absolute atomic E-state index is 12.9. The number of H-pyrrole nitrogens is 1. The molecule has 0 spiro atoms. The fraction of sp³-hybridized carbons (Fsp3) is 0.429. The summed E-state index contributed by atoms with van der Waals surface area (Å²) in [7, 11) is 1.42. The molecule has 3 aromatic rings. The SMILES string of the molecule is CN(C(=O)OCC1c2ccccc2-c2ccccc21)[C@@H](CCCCN(C(=O)OC(C)(C)C)c1nn[nH]n1)C(=O)O. The molecule has 2 aromatic carbocycles. The second-order valence-corrected chi connectivity index (χ2v) is 10.6. The molecule has 0 saturated carbocycles. The van der Waals surface area contributed by atoms with Gasteiger partial charge in [0, 0.05) is 19.5 Å². The van der Waals surface area contributed by atoms with E-state index in [1.54, 1.807) is 20.8 Å². The monoisotopic (exact) mass is 550 g/mol. The Balaban J connectivity index is 1.33. The van der Waals surface area contributed by atoms with Crippen molar-refractivity contribution in [2.75, 3.05) is 25.1 Å². The number of carbonyl (C=O) groups excluding carboxylic acids is 2. The van der Waals surface area contributed by atoms with Gasteiger partial charge in [0.25, 0.3) is 5.95 Å². The number of fused-ring (bicyclic) bond motifs is 3. The second kappa shape index (κ2) is 12.1. The summed E-state index contributed by atoms with van der Waals surface area (Å²) in [5.41, 5.74) is 3.64. The molecule has 12 nitrogen and oxygen atoms in total. The average Bonchev–Trinajstić information content (AvgIpc) is 3.54. The van der Waals surface area contributed by atoms with Crippen LogP contribution in [0.5, 0.6) is 0 Å².